The molecule has 162 valence electrons. The van der Waals surface area contributed by atoms with Crippen molar-refractivity contribution in [1.29, 1.82) is 0 Å². The molecule has 3 rings (SSSR count). The quantitative estimate of drug-likeness (QED) is 0.704. The Bertz CT molecular complexity index is 982. The van der Waals surface area contributed by atoms with E-state index in [1.165, 1.54) is 0 Å². The summed E-state index contributed by atoms with van der Waals surface area (Å²) in [6.45, 7) is 5.10. The van der Waals surface area contributed by atoms with Gasteiger partial charge in [0, 0.05) is 31.6 Å². The number of ether oxygens (including phenoxy) is 1. The molecule has 2 N–H and O–H groups in total. The Morgan fingerprint density at radius 1 is 1.10 bits per heavy atom. The Morgan fingerprint density at radius 3 is 2.40 bits per heavy atom. The van der Waals surface area contributed by atoms with E-state index in [9.17, 15) is 13.2 Å². The van der Waals surface area contributed by atoms with E-state index in [1.807, 2.05) is 37.3 Å². The van der Waals surface area contributed by atoms with Gasteiger partial charge in [0.15, 0.2) is 0 Å². The van der Waals surface area contributed by atoms with Gasteiger partial charge in [0.05, 0.1) is 17.5 Å². The number of carbonyl (C=O) groups is 1. The Balaban J connectivity index is 1.54. The van der Waals surface area contributed by atoms with Crippen molar-refractivity contribution in [3.8, 4) is 0 Å². The first kappa shape index (κ1) is 22.3. The van der Waals surface area contributed by atoms with Gasteiger partial charge in [-0.3, -0.25) is 4.79 Å². The Kier molecular flexibility index (Phi) is 7.12. The number of rotatable bonds is 7. The highest BCUT2D eigenvalue weighted by atomic mass is 32.2. The number of methoxy groups -OCH3 is 1. The van der Waals surface area contributed by atoms with E-state index in [4.69, 9.17) is 4.74 Å². The summed E-state index contributed by atoms with van der Waals surface area (Å²) in [5, 5.41) is 2.73. The molecule has 1 aliphatic heterocycles. The molecular weight excluding hydrogens is 402 g/mol. The van der Waals surface area contributed by atoms with E-state index < -0.39 is 15.9 Å². The van der Waals surface area contributed by atoms with Gasteiger partial charge in [0.1, 0.15) is 0 Å². The molecule has 7 nitrogen and oxygen atoms in total. The Hall–Kier alpha value is -2.42. The fourth-order valence-electron chi connectivity index (χ4n) is 3.55. The predicted molar refractivity (Wildman–Crippen MR) is 118 cm³/mol. The highest BCUT2D eigenvalue weighted by molar-refractivity contribution is 7.89. The molecule has 1 saturated heterocycles. The molecule has 0 unspecified atom stereocenters. The maximum Gasteiger partial charge on any atom is 0.241 e. The van der Waals surface area contributed by atoms with E-state index in [0.29, 0.717) is 17.4 Å². The van der Waals surface area contributed by atoms with Crippen molar-refractivity contribution in [3.05, 3.63) is 53.6 Å². The summed E-state index contributed by atoms with van der Waals surface area (Å²) in [5.41, 5.74) is 3.20. The number of piperidine rings is 1. The third kappa shape index (κ3) is 5.59. The van der Waals surface area contributed by atoms with Gasteiger partial charge < -0.3 is 15.0 Å². The van der Waals surface area contributed by atoms with Gasteiger partial charge in [-0.1, -0.05) is 12.1 Å². The second-order valence-electron chi connectivity index (χ2n) is 7.61. The topological polar surface area (TPSA) is 87.7 Å². The lowest BCUT2D eigenvalue weighted by atomic mass is 10.1. The molecular formula is C22H29N3O4S. The zero-order valence-electron chi connectivity index (χ0n) is 17.6. The Morgan fingerprint density at radius 2 is 1.77 bits per heavy atom. The zero-order valence-corrected chi connectivity index (χ0v) is 18.5. The minimum atomic E-state index is -3.76. The molecule has 0 aromatic heterocycles. The van der Waals surface area contributed by atoms with Gasteiger partial charge in [-0.25, -0.2) is 13.1 Å². The molecule has 2 aromatic rings. The summed E-state index contributed by atoms with van der Waals surface area (Å²) in [5.74, 6) is -0.419. The van der Waals surface area contributed by atoms with Gasteiger partial charge in [0.2, 0.25) is 15.9 Å². The van der Waals surface area contributed by atoms with Crippen LogP contribution in [0.4, 0.5) is 11.4 Å². The maximum absolute atomic E-state index is 12.5. The minimum Gasteiger partial charge on any atom is -0.381 e. The zero-order chi connectivity index (χ0) is 21.7. The van der Waals surface area contributed by atoms with E-state index in [-0.39, 0.29) is 11.4 Å². The van der Waals surface area contributed by atoms with Crippen LogP contribution < -0.4 is 14.9 Å². The van der Waals surface area contributed by atoms with Crippen LogP contribution in [0, 0.1) is 13.8 Å². The molecule has 2 aromatic carbocycles. The van der Waals surface area contributed by atoms with E-state index in [2.05, 4.69) is 14.9 Å². The molecule has 1 heterocycles. The highest BCUT2D eigenvalue weighted by Gasteiger charge is 2.20. The molecule has 0 radical (unpaired) electrons. The van der Waals surface area contributed by atoms with Crippen molar-refractivity contribution in [2.75, 3.05) is 37.0 Å². The molecule has 0 spiro atoms. The lowest BCUT2D eigenvalue weighted by Gasteiger charge is -2.33. The number of nitrogens with one attached hydrogen (secondary N) is 2. The molecule has 0 atom stereocenters. The van der Waals surface area contributed by atoms with Crippen LogP contribution in [0.1, 0.15) is 24.0 Å². The van der Waals surface area contributed by atoms with Crippen molar-refractivity contribution in [1.82, 2.24) is 4.72 Å². The van der Waals surface area contributed by atoms with Crippen LogP contribution in [0.5, 0.6) is 0 Å². The monoisotopic (exact) mass is 431 g/mol. The van der Waals surface area contributed by atoms with Crippen LogP contribution in [0.3, 0.4) is 0 Å². The molecule has 1 aliphatic rings. The standard InChI is InChI=1S/C22H29N3O4S/c1-16-4-5-17(2)21(14-16)30(27,28)23-15-22(26)24-18-6-8-19(9-7-18)25-12-10-20(29-3)11-13-25/h4-9,14,20,23H,10-13,15H2,1-3H3,(H,24,26). The van der Waals surface area contributed by atoms with Gasteiger partial charge >= 0.3 is 0 Å². The summed E-state index contributed by atoms with van der Waals surface area (Å²) in [4.78, 5) is 14.7. The lowest BCUT2D eigenvalue weighted by Crippen LogP contribution is -2.36. The van der Waals surface area contributed by atoms with E-state index >= 15 is 0 Å². The van der Waals surface area contributed by atoms with Gasteiger partial charge in [-0.2, -0.15) is 0 Å². The average Bonchev–Trinajstić information content (AvgIpc) is 2.75. The number of amides is 1. The number of nitrogens with zero attached hydrogens (tertiary/aromatic N) is 1. The highest BCUT2D eigenvalue weighted by Crippen LogP contribution is 2.23. The van der Waals surface area contributed by atoms with Gasteiger partial charge in [-0.15, -0.1) is 0 Å². The number of carbonyl (C=O) groups excluding carboxylic acids is 1. The van der Waals surface area contributed by atoms with Crippen molar-refractivity contribution in [2.45, 2.75) is 37.7 Å². The third-order valence-corrected chi connectivity index (χ3v) is 6.89. The molecule has 8 heteroatoms. The van der Waals surface area contributed by atoms with Crippen LogP contribution in [0.15, 0.2) is 47.4 Å². The number of sulfonamides is 1. The largest absolute Gasteiger partial charge is 0.381 e. The molecule has 1 amide bonds. The minimum absolute atomic E-state index is 0.192. The summed E-state index contributed by atoms with van der Waals surface area (Å²) in [6, 6.07) is 12.8. The smallest absolute Gasteiger partial charge is 0.241 e. The van der Waals surface area contributed by atoms with E-state index in [1.54, 1.807) is 26.2 Å². The first-order valence-electron chi connectivity index (χ1n) is 10.0. The number of hydrogen-bond donors (Lipinski definition) is 2. The van der Waals surface area contributed by atoms with Gasteiger partial charge in [0.25, 0.3) is 0 Å². The second-order valence-corrected chi connectivity index (χ2v) is 9.35. The van der Waals surface area contributed by atoms with Crippen LogP contribution >= 0.6 is 0 Å². The summed E-state index contributed by atoms with van der Waals surface area (Å²) < 4.78 is 32.8. The van der Waals surface area contributed by atoms with Crippen molar-refractivity contribution in [2.24, 2.45) is 0 Å². The number of anilines is 2. The number of hydrogen-bond acceptors (Lipinski definition) is 5. The average molecular weight is 432 g/mol. The van der Waals surface area contributed by atoms with E-state index in [0.717, 1.165) is 37.2 Å². The molecule has 0 aliphatic carbocycles. The summed E-state index contributed by atoms with van der Waals surface area (Å²) in [6.07, 6.45) is 2.32. The maximum atomic E-state index is 12.5. The molecule has 0 bridgehead atoms. The SMILES string of the molecule is COC1CCN(c2ccc(NC(=O)CNS(=O)(=O)c3cc(C)ccc3C)cc2)CC1. The molecule has 30 heavy (non-hydrogen) atoms. The first-order chi connectivity index (χ1) is 14.3. The van der Waals surface area contributed by atoms with Crippen molar-refractivity contribution >= 4 is 27.3 Å². The molecule has 0 saturated carbocycles. The number of aryl methyl sites for hydroxylation is 2. The fraction of sp³-hybridized carbons (Fsp3) is 0.409. The van der Waals surface area contributed by atoms with Crippen LogP contribution in [0.2, 0.25) is 0 Å². The third-order valence-electron chi connectivity index (χ3n) is 5.35. The van der Waals surface area contributed by atoms with Crippen LogP contribution in [-0.4, -0.2) is 47.2 Å². The normalized spacial score (nSPS) is 15.2. The Labute approximate surface area is 178 Å². The predicted octanol–water partition coefficient (Wildman–Crippen LogP) is 2.84. The number of benzene rings is 2. The van der Waals surface area contributed by atoms with Crippen LogP contribution in [-0.2, 0) is 19.6 Å². The first-order valence-corrected chi connectivity index (χ1v) is 11.5. The van der Waals surface area contributed by atoms with Crippen molar-refractivity contribution < 1.29 is 17.9 Å². The summed E-state index contributed by atoms with van der Waals surface area (Å²) in [7, 11) is -2.01. The molecule has 1 fully saturated rings. The fourth-order valence-corrected chi connectivity index (χ4v) is 4.86. The van der Waals surface area contributed by atoms with Crippen molar-refractivity contribution in [3.63, 3.8) is 0 Å². The van der Waals surface area contributed by atoms with Crippen LogP contribution in [0.25, 0.3) is 0 Å². The summed E-state index contributed by atoms with van der Waals surface area (Å²) >= 11 is 0. The second kappa shape index (κ2) is 9.59. The lowest BCUT2D eigenvalue weighted by molar-refractivity contribution is -0.115. The van der Waals surface area contributed by atoms with Gasteiger partial charge in [-0.05, 0) is 68.1 Å².